The van der Waals surface area contributed by atoms with Crippen molar-refractivity contribution in [2.24, 2.45) is 29.4 Å². The molecule has 2 saturated heterocycles. The number of fused-ring (bicyclic) bond motifs is 1. The monoisotopic (exact) mass is 492 g/mol. The van der Waals surface area contributed by atoms with Crippen molar-refractivity contribution in [1.82, 2.24) is 15.1 Å². The Labute approximate surface area is 204 Å². The first-order valence-corrected chi connectivity index (χ1v) is 13.1. The number of nitrogens with one attached hydrogen (secondary N) is 1. The van der Waals surface area contributed by atoms with Crippen LogP contribution in [0.1, 0.15) is 46.0 Å². The van der Waals surface area contributed by atoms with Gasteiger partial charge in [-0.25, -0.2) is 4.79 Å². The first kappa shape index (κ1) is 25.2. The molecule has 1 aliphatic carbocycles. The number of carboxylic acids is 1. The molecule has 0 aromatic heterocycles. The third kappa shape index (κ3) is 4.40. The molecule has 0 unspecified atom stereocenters. The molecule has 2 amide bonds. The number of amides is 2. The van der Waals surface area contributed by atoms with Crippen LogP contribution in [0.3, 0.4) is 0 Å². The zero-order valence-corrected chi connectivity index (χ0v) is 21.1. The smallest absolute Gasteiger partial charge is 0.353 e. The molecule has 0 aromatic carbocycles. The third-order valence-electron chi connectivity index (χ3n) is 7.98. The van der Waals surface area contributed by atoms with E-state index in [2.05, 4.69) is 5.32 Å². The van der Waals surface area contributed by atoms with Gasteiger partial charge in [-0.3, -0.25) is 14.4 Å². The highest BCUT2D eigenvalue weighted by molar-refractivity contribution is 8.03. The van der Waals surface area contributed by atoms with Crippen LogP contribution in [0.15, 0.2) is 10.6 Å². The van der Waals surface area contributed by atoms with Crippen molar-refractivity contribution >= 4 is 35.3 Å². The van der Waals surface area contributed by atoms with E-state index in [0.29, 0.717) is 30.7 Å². The van der Waals surface area contributed by atoms with E-state index in [4.69, 9.17) is 5.73 Å². The zero-order valence-electron chi connectivity index (χ0n) is 20.3. The first-order chi connectivity index (χ1) is 16.0. The van der Waals surface area contributed by atoms with Gasteiger partial charge in [-0.1, -0.05) is 13.8 Å². The van der Waals surface area contributed by atoms with Crippen molar-refractivity contribution in [3.63, 3.8) is 0 Å². The fourth-order valence-corrected chi connectivity index (χ4v) is 7.64. The largest absolute Gasteiger partial charge is 0.477 e. The van der Waals surface area contributed by atoms with Crippen molar-refractivity contribution in [2.75, 3.05) is 20.6 Å². The molecule has 3 aliphatic heterocycles. The normalized spacial score (nSPS) is 35.9. The van der Waals surface area contributed by atoms with Gasteiger partial charge in [0, 0.05) is 55.1 Å². The van der Waals surface area contributed by atoms with Crippen LogP contribution in [-0.2, 0) is 19.2 Å². The average Bonchev–Trinajstić information content (AvgIpc) is 3.46. The van der Waals surface area contributed by atoms with Gasteiger partial charge in [0.1, 0.15) is 11.5 Å². The quantitative estimate of drug-likeness (QED) is 0.428. The van der Waals surface area contributed by atoms with E-state index in [9.17, 15) is 24.3 Å². The maximum Gasteiger partial charge on any atom is 0.353 e. The Morgan fingerprint density at radius 2 is 1.97 bits per heavy atom. The molecule has 4 aliphatic rings. The summed E-state index contributed by atoms with van der Waals surface area (Å²) in [5.74, 6) is -1.75. The first-order valence-electron chi connectivity index (χ1n) is 12.2. The van der Waals surface area contributed by atoms with Crippen molar-refractivity contribution in [2.45, 2.75) is 69.3 Å². The molecular formula is C24H36N4O5S. The van der Waals surface area contributed by atoms with Crippen LogP contribution in [0.5, 0.6) is 0 Å². The minimum atomic E-state index is -1.10. The number of β-lactam (4-membered cyclic amide) rings is 1. The lowest BCUT2D eigenvalue weighted by molar-refractivity contribution is -0.160. The molecule has 3 heterocycles. The van der Waals surface area contributed by atoms with Crippen LogP contribution in [-0.4, -0.2) is 82.5 Å². The Morgan fingerprint density at radius 3 is 2.56 bits per heavy atom. The number of ketones is 1. The molecule has 0 aromatic rings. The molecule has 3 fully saturated rings. The minimum absolute atomic E-state index is 0.00998. The van der Waals surface area contributed by atoms with Gasteiger partial charge in [0.25, 0.3) is 0 Å². The molecule has 0 spiro atoms. The molecule has 0 bridgehead atoms. The molecule has 34 heavy (non-hydrogen) atoms. The van der Waals surface area contributed by atoms with Crippen molar-refractivity contribution < 1.29 is 24.3 Å². The van der Waals surface area contributed by atoms with E-state index >= 15 is 0 Å². The lowest BCUT2D eigenvalue weighted by Crippen LogP contribution is -2.62. The van der Waals surface area contributed by atoms with E-state index in [1.165, 1.54) is 16.7 Å². The predicted molar refractivity (Wildman–Crippen MR) is 129 cm³/mol. The molecule has 188 valence electrons. The molecule has 10 heteroatoms. The molecule has 4 rings (SSSR count). The Bertz CT molecular complexity index is 921. The number of carboxylic acid groups (broad SMARTS) is 1. The van der Waals surface area contributed by atoms with Gasteiger partial charge >= 0.3 is 5.97 Å². The van der Waals surface area contributed by atoms with Gasteiger partial charge < -0.3 is 26.0 Å². The fourth-order valence-electron chi connectivity index (χ4n) is 6.16. The van der Waals surface area contributed by atoms with Gasteiger partial charge in [-0.2, -0.15) is 0 Å². The number of rotatable bonds is 8. The number of aliphatic carboxylic acids is 1. The van der Waals surface area contributed by atoms with Crippen LogP contribution >= 0.6 is 11.8 Å². The highest BCUT2D eigenvalue weighted by Gasteiger charge is 2.60. The van der Waals surface area contributed by atoms with E-state index in [-0.39, 0.29) is 70.3 Å². The number of Topliss-reactive ketones (excluding diaryl/α,β-unsaturated/α-hetero) is 1. The van der Waals surface area contributed by atoms with Crippen LogP contribution in [0.2, 0.25) is 0 Å². The summed E-state index contributed by atoms with van der Waals surface area (Å²) in [4.78, 5) is 54.1. The van der Waals surface area contributed by atoms with Gasteiger partial charge in [0.15, 0.2) is 0 Å². The number of carbonyl (C=O) groups is 4. The second-order valence-electron chi connectivity index (χ2n) is 10.6. The maximum atomic E-state index is 13.1. The summed E-state index contributed by atoms with van der Waals surface area (Å²) < 4.78 is 0. The van der Waals surface area contributed by atoms with Crippen LogP contribution in [0.4, 0.5) is 0 Å². The maximum absolute atomic E-state index is 13.1. The Morgan fingerprint density at radius 1 is 1.26 bits per heavy atom. The molecular weight excluding hydrogens is 456 g/mol. The van der Waals surface area contributed by atoms with E-state index < -0.39 is 5.97 Å². The highest BCUT2D eigenvalue weighted by atomic mass is 32.2. The summed E-state index contributed by atoms with van der Waals surface area (Å²) in [6.45, 7) is 4.52. The summed E-state index contributed by atoms with van der Waals surface area (Å²) in [6.07, 6.45) is 3.34. The highest BCUT2D eigenvalue weighted by Crippen LogP contribution is 2.53. The lowest BCUT2D eigenvalue weighted by atomic mass is 9.72. The summed E-state index contributed by atoms with van der Waals surface area (Å²) >= 11 is 1.48. The molecule has 9 nitrogen and oxygen atoms in total. The summed E-state index contributed by atoms with van der Waals surface area (Å²) in [5.41, 5.74) is 6.04. The number of hydrogen-bond acceptors (Lipinski definition) is 7. The van der Waals surface area contributed by atoms with Gasteiger partial charge in [0.2, 0.25) is 11.8 Å². The molecule has 0 radical (unpaired) electrons. The van der Waals surface area contributed by atoms with E-state index in [1.54, 1.807) is 19.0 Å². The number of carbonyl (C=O) groups excluding carboxylic acids is 3. The van der Waals surface area contributed by atoms with Gasteiger partial charge in [-0.15, -0.1) is 11.8 Å². The predicted octanol–water partition coefficient (Wildman–Crippen LogP) is 1.03. The summed E-state index contributed by atoms with van der Waals surface area (Å²) in [7, 11) is 3.44. The van der Waals surface area contributed by atoms with Gasteiger partial charge in [0.05, 0.1) is 18.0 Å². The van der Waals surface area contributed by atoms with Gasteiger partial charge in [-0.05, 0) is 31.6 Å². The Balaban J connectivity index is 1.44. The standard InChI is InChI=1S/C24H36N4O5S/c1-11(7-17(29)13-5-6-14(25)8-13)18-19-12(2)21(20(24(32)33)28(19)23(18)31)34-15-9-16(26-10-15)22(30)27(3)4/h11-16,18-19,26H,5-10,25H2,1-4H3,(H,32,33)/t11-,12+,13-,14+,15-,16-,18+,19+/m0/s1. The SMILES string of the molecule is C[C@@H](CC(=O)[C@H]1CC[C@@H](N)C1)[C@H]1C(=O)N2C(C(=O)O)=C(S[C@@H]3CN[C@H](C(=O)N(C)C)C3)[C@H](C)[C@H]12. The topological polar surface area (TPSA) is 133 Å². The van der Waals surface area contributed by atoms with Crippen molar-refractivity contribution in [1.29, 1.82) is 0 Å². The third-order valence-corrected chi connectivity index (χ3v) is 9.49. The van der Waals surface area contributed by atoms with Crippen molar-refractivity contribution in [3.8, 4) is 0 Å². The van der Waals surface area contributed by atoms with Crippen LogP contribution in [0, 0.1) is 23.7 Å². The zero-order chi connectivity index (χ0) is 24.9. The van der Waals surface area contributed by atoms with Crippen molar-refractivity contribution in [3.05, 3.63) is 10.6 Å². The summed E-state index contributed by atoms with van der Waals surface area (Å²) in [6, 6.07) is -0.429. The number of nitrogens with two attached hydrogens (primary N) is 1. The molecule has 4 N–H and O–H groups in total. The van der Waals surface area contributed by atoms with E-state index in [1.807, 2.05) is 13.8 Å². The van der Waals surface area contributed by atoms with Crippen LogP contribution in [0.25, 0.3) is 0 Å². The Hall–Kier alpha value is -1.91. The van der Waals surface area contributed by atoms with E-state index in [0.717, 1.165) is 12.8 Å². The second kappa shape index (κ2) is 9.62. The number of thioether (sulfide) groups is 1. The molecule has 1 saturated carbocycles. The number of nitrogens with zero attached hydrogens (tertiary/aromatic N) is 2. The fraction of sp³-hybridized carbons (Fsp3) is 0.750. The minimum Gasteiger partial charge on any atom is -0.477 e. The number of hydrogen-bond donors (Lipinski definition) is 3. The number of likely N-dealkylation sites (N-methyl/N-ethyl adjacent to an activating group) is 1. The van der Waals surface area contributed by atoms with Crippen LogP contribution < -0.4 is 11.1 Å². The summed E-state index contributed by atoms with van der Waals surface area (Å²) in [5, 5.41) is 13.3. The lowest BCUT2D eigenvalue weighted by Gasteiger charge is -2.47. The molecule has 8 atom stereocenters. The average molecular weight is 493 g/mol. The Kier molecular flexibility index (Phi) is 7.13. The second-order valence-corrected chi connectivity index (χ2v) is 12.0.